The first-order valence-corrected chi connectivity index (χ1v) is 7.69. The van der Waals surface area contributed by atoms with Crippen LogP contribution in [0.15, 0.2) is 24.3 Å². The Morgan fingerprint density at radius 3 is 2.43 bits per heavy atom. The molecule has 1 saturated heterocycles. The van der Waals surface area contributed by atoms with Crippen LogP contribution in [-0.2, 0) is 7.05 Å². The van der Waals surface area contributed by atoms with Crippen LogP contribution in [0, 0.1) is 17.0 Å². The van der Waals surface area contributed by atoms with Crippen LogP contribution in [0.25, 0.3) is 0 Å². The summed E-state index contributed by atoms with van der Waals surface area (Å²) in [6.45, 7) is 3.18. The highest BCUT2D eigenvalue weighted by molar-refractivity contribution is 5.61. The van der Waals surface area contributed by atoms with Crippen molar-refractivity contribution in [3.05, 3.63) is 45.6 Å². The van der Waals surface area contributed by atoms with Crippen LogP contribution < -0.4 is 4.90 Å². The fourth-order valence-corrected chi connectivity index (χ4v) is 3.37. The number of phenolic OH excluding ortho intramolecular Hbond substituents is 1. The van der Waals surface area contributed by atoms with Crippen LogP contribution in [0.5, 0.6) is 5.75 Å². The lowest BCUT2D eigenvalue weighted by atomic mass is 9.89. The van der Waals surface area contributed by atoms with E-state index in [-0.39, 0.29) is 16.4 Å². The zero-order chi connectivity index (χ0) is 16.6. The SMILES string of the molecule is Cc1nn(C)c(N2CCC(c3ccc(O)cc3)CC2)c1[N+](=O)[O-]. The second kappa shape index (κ2) is 5.91. The van der Waals surface area contributed by atoms with Crippen LogP contribution in [-0.4, -0.2) is 32.9 Å². The molecule has 0 saturated carbocycles. The number of aryl methyl sites for hydroxylation is 2. The third kappa shape index (κ3) is 2.86. The third-order valence-corrected chi connectivity index (χ3v) is 4.50. The van der Waals surface area contributed by atoms with E-state index in [0.29, 0.717) is 17.4 Å². The van der Waals surface area contributed by atoms with Crippen LogP contribution in [0.3, 0.4) is 0 Å². The van der Waals surface area contributed by atoms with Gasteiger partial charge in [0.05, 0.1) is 4.92 Å². The second-order valence-electron chi connectivity index (χ2n) is 5.99. The van der Waals surface area contributed by atoms with Crippen molar-refractivity contribution in [3.8, 4) is 5.75 Å². The summed E-state index contributed by atoms with van der Waals surface area (Å²) in [7, 11) is 1.75. The molecule has 1 aliphatic heterocycles. The Labute approximate surface area is 134 Å². The van der Waals surface area contributed by atoms with E-state index >= 15 is 0 Å². The minimum atomic E-state index is -0.344. The van der Waals surface area contributed by atoms with Crippen molar-refractivity contribution in [2.24, 2.45) is 7.05 Å². The zero-order valence-electron chi connectivity index (χ0n) is 13.3. The molecule has 3 rings (SSSR count). The lowest BCUT2D eigenvalue weighted by Crippen LogP contribution is -2.34. The fourth-order valence-electron chi connectivity index (χ4n) is 3.37. The Bertz CT molecular complexity index is 716. The number of anilines is 1. The molecule has 0 radical (unpaired) electrons. The van der Waals surface area contributed by atoms with Crippen LogP contribution in [0.1, 0.15) is 30.0 Å². The quantitative estimate of drug-likeness (QED) is 0.695. The normalized spacial score (nSPS) is 15.8. The van der Waals surface area contributed by atoms with Gasteiger partial charge in [0.2, 0.25) is 5.82 Å². The van der Waals surface area contributed by atoms with E-state index in [2.05, 4.69) is 10.00 Å². The van der Waals surface area contributed by atoms with E-state index in [9.17, 15) is 15.2 Å². The van der Waals surface area contributed by atoms with Gasteiger partial charge >= 0.3 is 5.69 Å². The predicted octanol–water partition coefficient (Wildman–Crippen LogP) is 2.73. The van der Waals surface area contributed by atoms with Crippen molar-refractivity contribution >= 4 is 11.5 Å². The maximum atomic E-state index is 11.3. The number of rotatable bonds is 3. The van der Waals surface area contributed by atoms with Crippen LogP contribution >= 0.6 is 0 Å². The molecule has 1 aromatic carbocycles. The van der Waals surface area contributed by atoms with E-state index in [1.807, 2.05) is 12.1 Å². The Morgan fingerprint density at radius 2 is 1.87 bits per heavy atom. The van der Waals surface area contributed by atoms with Gasteiger partial charge in [0.1, 0.15) is 11.4 Å². The van der Waals surface area contributed by atoms with Crippen molar-refractivity contribution < 1.29 is 10.0 Å². The first-order chi connectivity index (χ1) is 11.0. The van der Waals surface area contributed by atoms with Crippen molar-refractivity contribution in [1.82, 2.24) is 9.78 Å². The van der Waals surface area contributed by atoms with Gasteiger partial charge in [0.15, 0.2) is 0 Å². The predicted molar refractivity (Wildman–Crippen MR) is 86.9 cm³/mol. The highest BCUT2D eigenvalue weighted by Gasteiger charge is 2.31. The number of aromatic nitrogens is 2. The average Bonchev–Trinajstić information content (AvgIpc) is 2.83. The molecular weight excluding hydrogens is 296 g/mol. The first-order valence-electron chi connectivity index (χ1n) is 7.69. The molecule has 1 aromatic heterocycles. The van der Waals surface area contributed by atoms with Crippen LogP contribution in [0.2, 0.25) is 0 Å². The number of benzene rings is 1. The maximum absolute atomic E-state index is 11.3. The minimum Gasteiger partial charge on any atom is -0.508 e. The van der Waals surface area contributed by atoms with Crippen LogP contribution in [0.4, 0.5) is 11.5 Å². The van der Waals surface area contributed by atoms with Crippen molar-refractivity contribution in [2.75, 3.05) is 18.0 Å². The molecule has 7 nitrogen and oxygen atoms in total. The Morgan fingerprint density at radius 1 is 1.26 bits per heavy atom. The van der Waals surface area contributed by atoms with Gasteiger partial charge in [-0.05, 0) is 43.4 Å². The Kier molecular flexibility index (Phi) is 3.94. The lowest BCUT2D eigenvalue weighted by molar-refractivity contribution is -0.384. The van der Waals surface area contributed by atoms with Gasteiger partial charge in [-0.3, -0.25) is 10.1 Å². The van der Waals surface area contributed by atoms with Crippen molar-refractivity contribution in [2.45, 2.75) is 25.7 Å². The van der Waals surface area contributed by atoms with Crippen molar-refractivity contribution in [1.29, 1.82) is 0 Å². The summed E-state index contributed by atoms with van der Waals surface area (Å²) < 4.78 is 1.61. The maximum Gasteiger partial charge on any atom is 0.333 e. The van der Waals surface area contributed by atoms with Gasteiger partial charge in [0, 0.05) is 20.1 Å². The molecule has 1 N–H and O–H groups in total. The zero-order valence-corrected chi connectivity index (χ0v) is 13.3. The number of hydrogen-bond donors (Lipinski definition) is 1. The average molecular weight is 316 g/mol. The molecule has 122 valence electrons. The third-order valence-electron chi connectivity index (χ3n) is 4.50. The molecular formula is C16H20N4O3. The number of piperidine rings is 1. The molecule has 1 fully saturated rings. The molecule has 0 aliphatic carbocycles. The molecule has 7 heteroatoms. The van der Waals surface area contributed by atoms with Gasteiger partial charge in [-0.25, -0.2) is 4.68 Å². The number of nitrogens with zero attached hydrogens (tertiary/aromatic N) is 4. The highest BCUT2D eigenvalue weighted by atomic mass is 16.6. The number of hydrogen-bond acceptors (Lipinski definition) is 5. The molecule has 2 heterocycles. The molecule has 0 amide bonds. The first kappa shape index (κ1) is 15.3. The standard InChI is InChI=1S/C16H20N4O3/c1-11-15(20(22)23)16(18(2)17-11)19-9-7-13(8-10-19)12-3-5-14(21)6-4-12/h3-6,13,21H,7-10H2,1-2H3. The largest absolute Gasteiger partial charge is 0.508 e. The number of phenols is 1. The molecule has 23 heavy (non-hydrogen) atoms. The number of aromatic hydroxyl groups is 1. The molecule has 0 spiro atoms. The van der Waals surface area contributed by atoms with Gasteiger partial charge in [-0.2, -0.15) is 5.10 Å². The molecule has 2 aromatic rings. The smallest absolute Gasteiger partial charge is 0.333 e. The topological polar surface area (TPSA) is 84.4 Å². The summed E-state index contributed by atoms with van der Waals surface area (Å²) in [6.07, 6.45) is 1.85. The second-order valence-corrected chi connectivity index (χ2v) is 5.99. The van der Waals surface area contributed by atoms with E-state index in [0.717, 1.165) is 25.9 Å². The van der Waals surface area contributed by atoms with E-state index in [4.69, 9.17) is 0 Å². The number of nitro groups is 1. The summed E-state index contributed by atoms with van der Waals surface area (Å²) in [4.78, 5) is 13.0. The van der Waals surface area contributed by atoms with E-state index < -0.39 is 0 Å². The summed E-state index contributed by atoms with van der Waals surface area (Å²) in [6, 6.07) is 7.31. The highest BCUT2D eigenvalue weighted by Crippen LogP contribution is 2.36. The van der Waals surface area contributed by atoms with Gasteiger partial charge in [-0.15, -0.1) is 0 Å². The van der Waals surface area contributed by atoms with Gasteiger partial charge in [-0.1, -0.05) is 12.1 Å². The Hall–Kier alpha value is -2.57. The monoisotopic (exact) mass is 316 g/mol. The summed E-state index contributed by atoms with van der Waals surface area (Å²) >= 11 is 0. The Balaban J connectivity index is 1.77. The minimum absolute atomic E-state index is 0.107. The molecule has 0 unspecified atom stereocenters. The fraction of sp³-hybridized carbons (Fsp3) is 0.438. The van der Waals surface area contributed by atoms with E-state index in [1.54, 1.807) is 30.8 Å². The van der Waals surface area contributed by atoms with Gasteiger partial charge < -0.3 is 10.0 Å². The molecule has 0 bridgehead atoms. The lowest BCUT2D eigenvalue weighted by Gasteiger charge is -2.33. The summed E-state index contributed by atoms with van der Waals surface area (Å²) in [5, 5.41) is 24.9. The summed E-state index contributed by atoms with van der Waals surface area (Å²) in [5.41, 5.74) is 1.77. The summed E-state index contributed by atoms with van der Waals surface area (Å²) in [5.74, 6) is 1.28. The van der Waals surface area contributed by atoms with Crippen molar-refractivity contribution in [3.63, 3.8) is 0 Å². The van der Waals surface area contributed by atoms with Gasteiger partial charge in [0.25, 0.3) is 0 Å². The molecule has 0 atom stereocenters. The molecule has 1 aliphatic rings. The van der Waals surface area contributed by atoms with E-state index in [1.165, 1.54) is 5.56 Å².